The summed E-state index contributed by atoms with van der Waals surface area (Å²) in [5.74, 6) is 1.21. The van der Waals surface area contributed by atoms with Crippen LogP contribution in [0.5, 0.6) is 0 Å². The zero-order valence-electron chi connectivity index (χ0n) is 14.9. The molecule has 2 aliphatic carbocycles. The topological polar surface area (TPSA) is 83.5 Å². The molecule has 3 rings (SSSR count). The van der Waals surface area contributed by atoms with E-state index in [1.165, 1.54) is 19.3 Å². The molecule has 142 valence electrons. The van der Waals surface area contributed by atoms with E-state index < -0.39 is 16.0 Å². The number of benzene rings is 1. The first-order valence-corrected chi connectivity index (χ1v) is 10.9. The van der Waals surface area contributed by atoms with Crippen molar-refractivity contribution >= 4 is 16.0 Å². The Kier molecular flexibility index (Phi) is 6.14. The smallest absolute Gasteiger partial charge is 0.303 e. The summed E-state index contributed by atoms with van der Waals surface area (Å²) in [5.41, 5.74) is 0. The van der Waals surface area contributed by atoms with Crippen molar-refractivity contribution in [1.29, 1.82) is 0 Å². The van der Waals surface area contributed by atoms with Gasteiger partial charge in [-0.25, -0.2) is 13.1 Å². The fourth-order valence-corrected chi connectivity index (χ4v) is 5.67. The molecule has 0 spiro atoms. The number of sulfonamides is 1. The first-order chi connectivity index (χ1) is 12.5. The summed E-state index contributed by atoms with van der Waals surface area (Å²) in [6.07, 6.45) is 9.51. The summed E-state index contributed by atoms with van der Waals surface area (Å²) >= 11 is 0. The SMILES string of the molecule is O=C(O)CCCC=CC1C2CCC(C2)C1CNS(=O)(=O)c1ccccc1. The van der Waals surface area contributed by atoms with Crippen molar-refractivity contribution in [2.75, 3.05) is 6.54 Å². The molecule has 26 heavy (non-hydrogen) atoms. The minimum absolute atomic E-state index is 0.196. The molecular weight excluding hydrogens is 350 g/mol. The molecule has 2 aliphatic rings. The van der Waals surface area contributed by atoms with Crippen molar-refractivity contribution in [3.63, 3.8) is 0 Å². The summed E-state index contributed by atoms with van der Waals surface area (Å²) in [6.45, 7) is 0.475. The Labute approximate surface area is 155 Å². The Morgan fingerprint density at radius 1 is 1.19 bits per heavy atom. The number of rotatable bonds is 9. The Bertz CT molecular complexity index is 744. The van der Waals surface area contributed by atoms with Crippen LogP contribution in [0.4, 0.5) is 0 Å². The molecule has 0 aromatic heterocycles. The Morgan fingerprint density at radius 2 is 1.92 bits per heavy atom. The van der Waals surface area contributed by atoms with Crippen LogP contribution in [0.3, 0.4) is 0 Å². The molecule has 1 aromatic carbocycles. The number of carbonyl (C=O) groups is 1. The molecule has 2 saturated carbocycles. The monoisotopic (exact) mass is 377 g/mol. The minimum Gasteiger partial charge on any atom is -0.481 e. The first-order valence-electron chi connectivity index (χ1n) is 9.40. The van der Waals surface area contributed by atoms with Crippen LogP contribution in [0.25, 0.3) is 0 Å². The van der Waals surface area contributed by atoms with Crippen molar-refractivity contribution in [3.8, 4) is 0 Å². The highest BCUT2D eigenvalue weighted by atomic mass is 32.2. The molecule has 4 unspecified atom stereocenters. The van der Waals surface area contributed by atoms with Crippen molar-refractivity contribution in [3.05, 3.63) is 42.5 Å². The lowest BCUT2D eigenvalue weighted by Gasteiger charge is -2.29. The van der Waals surface area contributed by atoms with Gasteiger partial charge in [-0.2, -0.15) is 0 Å². The lowest BCUT2D eigenvalue weighted by Crippen LogP contribution is -2.35. The van der Waals surface area contributed by atoms with Gasteiger partial charge in [0.2, 0.25) is 10.0 Å². The number of nitrogens with one attached hydrogen (secondary N) is 1. The maximum Gasteiger partial charge on any atom is 0.303 e. The fourth-order valence-electron chi connectivity index (χ4n) is 4.57. The van der Waals surface area contributed by atoms with E-state index in [0.717, 1.165) is 6.42 Å². The number of fused-ring (bicyclic) bond motifs is 2. The summed E-state index contributed by atoms with van der Waals surface area (Å²) < 4.78 is 27.8. The number of carboxylic acid groups (broad SMARTS) is 1. The van der Waals surface area contributed by atoms with Gasteiger partial charge in [-0.1, -0.05) is 30.4 Å². The predicted molar refractivity (Wildman–Crippen MR) is 100 cm³/mol. The van der Waals surface area contributed by atoms with Gasteiger partial charge < -0.3 is 5.11 Å². The van der Waals surface area contributed by atoms with Gasteiger partial charge in [0.1, 0.15) is 0 Å². The minimum atomic E-state index is -3.47. The van der Waals surface area contributed by atoms with Crippen LogP contribution in [-0.4, -0.2) is 26.0 Å². The Hall–Kier alpha value is -1.66. The zero-order valence-corrected chi connectivity index (χ0v) is 15.7. The Balaban J connectivity index is 1.59. The highest BCUT2D eigenvalue weighted by molar-refractivity contribution is 7.89. The first kappa shape index (κ1) is 19.1. The zero-order chi connectivity index (χ0) is 18.6. The van der Waals surface area contributed by atoms with E-state index in [9.17, 15) is 13.2 Å². The average Bonchev–Trinajstić information content (AvgIpc) is 3.22. The molecule has 0 aliphatic heterocycles. The van der Waals surface area contributed by atoms with Gasteiger partial charge in [-0.05, 0) is 67.9 Å². The molecule has 4 atom stereocenters. The van der Waals surface area contributed by atoms with Crippen molar-refractivity contribution in [2.24, 2.45) is 23.7 Å². The summed E-state index contributed by atoms with van der Waals surface area (Å²) in [6, 6.07) is 8.50. The fraction of sp³-hybridized carbons (Fsp3) is 0.550. The third-order valence-corrected chi connectivity index (χ3v) is 7.28. The van der Waals surface area contributed by atoms with E-state index in [1.54, 1.807) is 30.3 Å². The Morgan fingerprint density at radius 3 is 2.65 bits per heavy atom. The lowest BCUT2D eigenvalue weighted by molar-refractivity contribution is -0.137. The van der Waals surface area contributed by atoms with Gasteiger partial charge in [-0.15, -0.1) is 0 Å². The van der Waals surface area contributed by atoms with Crippen LogP contribution >= 0.6 is 0 Å². The molecule has 0 saturated heterocycles. The summed E-state index contributed by atoms with van der Waals surface area (Å²) in [4.78, 5) is 10.9. The standard InChI is InChI=1S/C20H27NO4S/c22-20(23)10-6-2-5-9-18-15-11-12-16(13-15)19(18)14-21-26(24,25)17-7-3-1-4-8-17/h1,3-5,7-9,15-16,18-19,21H,2,6,10-14H2,(H,22,23). The molecule has 2 bridgehead atoms. The van der Waals surface area contributed by atoms with Gasteiger partial charge >= 0.3 is 5.97 Å². The molecule has 1 aromatic rings. The predicted octanol–water partition coefficient (Wildman–Crippen LogP) is 3.44. The highest BCUT2D eigenvalue weighted by Crippen LogP contribution is 2.52. The number of carboxylic acids is 1. The molecule has 6 heteroatoms. The summed E-state index contributed by atoms with van der Waals surface area (Å²) in [7, 11) is -3.47. The molecule has 2 fully saturated rings. The van der Waals surface area contributed by atoms with Gasteiger partial charge in [-0.3, -0.25) is 4.79 Å². The highest BCUT2D eigenvalue weighted by Gasteiger charge is 2.46. The second kappa shape index (κ2) is 8.35. The van der Waals surface area contributed by atoms with Gasteiger partial charge in [0, 0.05) is 13.0 Å². The number of unbranched alkanes of at least 4 members (excludes halogenated alkanes) is 1. The van der Waals surface area contributed by atoms with E-state index in [-0.39, 0.29) is 6.42 Å². The molecule has 0 radical (unpaired) electrons. The van der Waals surface area contributed by atoms with E-state index in [0.29, 0.717) is 41.5 Å². The maximum atomic E-state index is 12.5. The second-order valence-electron chi connectivity index (χ2n) is 7.45. The van der Waals surface area contributed by atoms with Crippen molar-refractivity contribution < 1.29 is 18.3 Å². The number of aliphatic carboxylic acids is 1. The molecule has 2 N–H and O–H groups in total. The number of allylic oxidation sites excluding steroid dienone is 2. The molecular formula is C20H27NO4S. The van der Waals surface area contributed by atoms with E-state index in [2.05, 4.69) is 16.9 Å². The van der Waals surface area contributed by atoms with Crippen LogP contribution in [0, 0.1) is 23.7 Å². The molecule has 0 amide bonds. The third kappa shape index (κ3) is 4.54. The van der Waals surface area contributed by atoms with Crippen LogP contribution in [-0.2, 0) is 14.8 Å². The third-order valence-electron chi connectivity index (χ3n) is 5.84. The van der Waals surface area contributed by atoms with Crippen LogP contribution in [0.2, 0.25) is 0 Å². The van der Waals surface area contributed by atoms with Gasteiger partial charge in [0.05, 0.1) is 4.90 Å². The quantitative estimate of drug-likeness (QED) is 0.510. The van der Waals surface area contributed by atoms with Crippen molar-refractivity contribution in [1.82, 2.24) is 4.72 Å². The normalized spacial score (nSPS) is 28.0. The van der Waals surface area contributed by atoms with E-state index in [1.807, 2.05) is 0 Å². The van der Waals surface area contributed by atoms with Crippen LogP contribution in [0.15, 0.2) is 47.4 Å². The lowest BCUT2D eigenvalue weighted by atomic mass is 9.79. The largest absolute Gasteiger partial charge is 0.481 e. The second-order valence-corrected chi connectivity index (χ2v) is 9.22. The number of hydrogen-bond donors (Lipinski definition) is 2. The van der Waals surface area contributed by atoms with Crippen molar-refractivity contribution in [2.45, 2.75) is 43.4 Å². The van der Waals surface area contributed by atoms with Gasteiger partial charge in [0.25, 0.3) is 0 Å². The van der Waals surface area contributed by atoms with Crippen LogP contribution < -0.4 is 4.72 Å². The summed E-state index contributed by atoms with van der Waals surface area (Å²) in [5, 5.41) is 8.70. The average molecular weight is 378 g/mol. The van der Waals surface area contributed by atoms with E-state index >= 15 is 0 Å². The molecule has 5 nitrogen and oxygen atoms in total. The van der Waals surface area contributed by atoms with Gasteiger partial charge in [0.15, 0.2) is 0 Å². The number of hydrogen-bond acceptors (Lipinski definition) is 3. The van der Waals surface area contributed by atoms with E-state index in [4.69, 9.17) is 5.11 Å². The maximum absolute atomic E-state index is 12.5. The van der Waals surface area contributed by atoms with Crippen LogP contribution in [0.1, 0.15) is 38.5 Å². The molecule has 0 heterocycles.